The van der Waals surface area contributed by atoms with E-state index in [1.807, 2.05) is 45.3 Å². The van der Waals surface area contributed by atoms with Gasteiger partial charge in [-0.25, -0.2) is 0 Å². The molecule has 0 atom stereocenters. The number of rotatable bonds is 4. The standard InChI is InChI=1S/C20H21N3O.C2H6/c1-14-6-7-17(18-9-15(2)20(24)23(3)13-18)10-19(14)22-12-16-5-4-8-21-11-16;1-2/h4-11,13,22H,12H2,1-3H3;1-2H3. The molecular weight excluding hydrogens is 322 g/mol. The maximum atomic E-state index is 11.9. The molecule has 136 valence electrons. The molecule has 1 N–H and O–H groups in total. The average molecular weight is 349 g/mol. The molecule has 1 aromatic carbocycles. The van der Waals surface area contributed by atoms with E-state index in [0.29, 0.717) is 0 Å². The van der Waals surface area contributed by atoms with Gasteiger partial charge in [0, 0.05) is 43.4 Å². The number of nitrogens with one attached hydrogen (secondary N) is 1. The summed E-state index contributed by atoms with van der Waals surface area (Å²) in [6, 6.07) is 12.2. The Kier molecular flexibility index (Phi) is 6.73. The normalized spacial score (nSPS) is 10.0. The van der Waals surface area contributed by atoms with E-state index in [-0.39, 0.29) is 5.56 Å². The van der Waals surface area contributed by atoms with Crippen molar-refractivity contribution in [2.75, 3.05) is 5.32 Å². The van der Waals surface area contributed by atoms with E-state index in [1.165, 1.54) is 5.56 Å². The monoisotopic (exact) mass is 349 g/mol. The van der Waals surface area contributed by atoms with Crippen LogP contribution in [0, 0.1) is 13.8 Å². The molecule has 0 saturated heterocycles. The van der Waals surface area contributed by atoms with Gasteiger partial charge >= 0.3 is 0 Å². The van der Waals surface area contributed by atoms with Gasteiger partial charge in [-0.3, -0.25) is 9.78 Å². The van der Waals surface area contributed by atoms with Crippen LogP contribution in [-0.4, -0.2) is 9.55 Å². The van der Waals surface area contributed by atoms with Gasteiger partial charge in [-0.2, -0.15) is 0 Å². The average Bonchev–Trinajstić information content (AvgIpc) is 2.67. The molecule has 2 heterocycles. The summed E-state index contributed by atoms with van der Waals surface area (Å²) in [5.41, 5.74) is 6.33. The third-order valence-corrected chi connectivity index (χ3v) is 4.14. The number of aryl methyl sites for hydroxylation is 3. The molecule has 3 rings (SSSR count). The Hall–Kier alpha value is -2.88. The summed E-state index contributed by atoms with van der Waals surface area (Å²) in [5, 5.41) is 3.47. The Labute approximate surface area is 155 Å². The predicted molar refractivity (Wildman–Crippen MR) is 110 cm³/mol. The Bertz CT molecular complexity index is 888. The zero-order valence-corrected chi connectivity index (χ0v) is 16.2. The number of anilines is 1. The smallest absolute Gasteiger partial charge is 0.253 e. The highest BCUT2D eigenvalue weighted by Gasteiger charge is 2.06. The highest BCUT2D eigenvalue weighted by Crippen LogP contribution is 2.25. The lowest BCUT2D eigenvalue weighted by Crippen LogP contribution is -2.18. The third kappa shape index (κ3) is 4.60. The van der Waals surface area contributed by atoms with Crippen molar-refractivity contribution in [1.82, 2.24) is 9.55 Å². The van der Waals surface area contributed by atoms with E-state index in [2.05, 4.69) is 41.5 Å². The molecule has 0 aliphatic rings. The minimum Gasteiger partial charge on any atom is -0.381 e. The Morgan fingerprint density at radius 2 is 1.81 bits per heavy atom. The van der Waals surface area contributed by atoms with Crippen LogP contribution in [0.1, 0.15) is 30.5 Å². The van der Waals surface area contributed by atoms with Gasteiger partial charge in [-0.05, 0) is 54.3 Å². The van der Waals surface area contributed by atoms with Crippen molar-refractivity contribution in [3.63, 3.8) is 0 Å². The van der Waals surface area contributed by atoms with Crippen LogP contribution in [0.5, 0.6) is 0 Å². The molecule has 4 heteroatoms. The SMILES string of the molecule is CC.Cc1ccc(-c2cc(C)c(=O)n(C)c2)cc1NCc1cccnc1. The first kappa shape index (κ1) is 19.4. The first-order chi connectivity index (χ1) is 12.5. The topological polar surface area (TPSA) is 46.9 Å². The van der Waals surface area contributed by atoms with E-state index in [4.69, 9.17) is 0 Å². The van der Waals surface area contributed by atoms with Gasteiger partial charge in [-0.1, -0.05) is 32.0 Å². The van der Waals surface area contributed by atoms with Gasteiger partial charge in [0.2, 0.25) is 0 Å². The molecule has 0 saturated carbocycles. The molecule has 0 radical (unpaired) electrons. The van der Waals surface area contributed by atoms with Crippen molar-refractivity contribution in [3.05, 3.63) is 82.0 Å². The van der Waals surface area contributed by atoms with Crippen molar-refractivity contribution in [1.29, 1.82) is 0 Å². The fraction of sp³-hybridized carbons (Fsp3) is 0.273. The zero-order chi connectivity index (χ0) is 19.1. The molecular formula is C22H27N3O. The molecule has 26 heavy (non-hydrogen) atoms. The van der Waals surface area contributed by atoms with Crippen LogP contribution in [0.4, 0.5) is 5.69 Å². The summed E-state index contributed by atoms with van der Waals surface area (Å²) in [6.45, 7) is 8.66. The van der Waals surface area contributed by atoms with Crippen LogP contribution < -0.4 is 10.9 Å². The van der Waals surface area contributed by atoms with Crippen LogP contribution in [0.2, 0.25) is 0 Å². The lowest BCUT2D eigenvalue weighted by molar-refractivity contribution is 0.850. The van der Waals surface area contributed by atoms with Crippen LogP contribution in [0.15, 0.2) is 59.8 Å². The molecule has 0 amide bonds. The number of nitrogens with zero attached hydrogens (tertiary/aromatic N) is 2. The van der Waals surface area contributed by atoms with Crippen LogP contribution in [-0.2, 0) is 13.6 Å². The highest BCUT2D eigenvalue weighted by atomic mass is 16.1. The largest absolute Gasteiger partial charge is 0.381 e. The van der Waals surface area contributed by atoms with Gasteiger partial charge in [0.05, 0.1) is 0 Å². The third-order valence-electron chi connectivity index (χ3n) is 4.14. The van der Waals surface area contributed by atoms with Crippen LogP contribution >= 0.6 is 0 Å². The van der Waals surface area contributed by atoms with Crippen molar-refractivity contribution >= 4 is 5.69 Å². The summed E-state index contributed by atoms with van der Waals surface area (Å²) in [5.74, 6) is 0. The quantitative estimate of drug-likeness (QED) is 0.742. The van der Waals surface area contributed by atoms with Crippen molar-refractivity contribution in [2.24, 2.45) is 7.05 Å². The summed E-state index contributed by atoms with van der Waals surface area (Å²) < 4.78 is 1.63. The fourth-order valence-electron chi connectivity index (χ4n) is 2.73. The van der Waals surface area contributed by atoms with Gasteiger partial charge in [0.15, 0.2) is 0 Å². The summed E-state index contributed by atoms with van der Waals surface area (Å²) in [7, 11) is 1.79. The molecule has 0 aliphatic heterocycles. The molecule has 0 aliphatic carbocycles. The van der Waals surface area contributed by atoms with Crippen molar-refractivity contribution < 1.29 is 0 Å². The molecule has 3 aromatic rings. The molecule has 2 aromatic heterocycles. The van der Waals surface area contributed by atoms with E-state index in [0.717, 1.165) is 34.5 Å². The van der Waals surface area contributed by atoms with Gasteiger partial charge in [0.1, 0.15) is 0 Å². The Morgan fingerprint density at radius 1 is 1.04 bits per heavy atom. The molecule has 0 bridgehead atoms. The number of aromatic nitrogens is 2. The van der Waals surface area contributed by atoms with E-state index in [1.54, 1.807) is 17.8 Å². The zero-order valence-electron chi connectivity index (χ0n) is 16.2. The second-order valence-electron chi connectivity index (χ2n) is 6.07. The minimum atomic E-state index is 0.0424. The van der Waals surface area contributed by atoms with Gasteiger partial charge in [-0.15, -0.1) is 0 Å². The molecule has 4 nitrogen and oxygen atoms in total. The number of hydrogen-bond acceptors (Lipinski definition) is 3. The van der Waals surface area contributed by atoms with E-state index in [9.17, 15) is 4.79 Å². The second-order valence-corrected chi connectivity index (χ2v) is 6.07. The second kappa shape index (κ2) is 8.99. The van der Waals surface area contributed by atoms with Crippen molar-refractivity contribution in [2.45, 2.75) is 34.2 Å². The Balaban J connectivity index is 0.00000117. The van der Waals surface area contributed by atoms with Crippen LogP contribution in [0.3, 0.4) is 0 Å². The molecule has 0 unspecified atom stereocenters. The highest BCUT2D eigenvalue weighted by molar-refractivity contribution is 5.70. The number of hydrogen-bond donors (Lipinski definition) is 1. The summed E-state index contributed by atoms with van der Waals surface area (Å²) >= 11 is 0. The lowest BCUT2D eigenvalue weighted by atomic mass is 10.0. The number of benzene rings is 1. The molecule has 0 fully saturated rings. The van der Waals surface area contributed by atoms with Gasteiger partial charge < -0.3 is 9.88 Å². The van der Waals surface area contributed by atoms with Gasteiger partial charge in [0.25, 0.3) is 5.56 Å². The maximum Gasteiger partial charge on any atom is 0.253 e. The first-order valence-corrected chi connectivity index (χ1v) is 8.95. The van der Waals surface area contributed by atoms with E-state index < -0.39 is 0 Å². The van der Waals surface area contributed by atoms with E-state index >= 15 is 0 Å². The predicted octanol–water partition coefficient (Wildman–Crippen LogP) is 4.70. The number of pyridine rings is 2. The Morgan fingerprint density at radius 3 is 2.46 bits per heavy atom. The van der Waals surface area contributed by atoms with Crippen LogP contribution in [0.25, 0.3) is 11.1 Å². The first-order valence-electron chi connectivity index (χ1n) is 8.95. The maximum absolute atomic E-state index is 11.9. The summed E-state index contributed by atoms with van der Waals surface area (Å²) in [6.07, 6.45) is 5.52. The lowest BCUT2D eigenvalue weighted by Gasteiger charge is -2.13. The van der Waals surface area contributed by atoms with Crippen molar-refractivity contribution in [3.8, 4) is 11.1 Å². The fourth-order valence-corrected chi connectivity index (χ4v) is 2.73. The summed E-state index contributed by atoms with van der Waals surface area (Å²) in [4.78, 5) is 16.0. The minimum absolute atomic E-state index is 0.0424. The molecule has 0 spiro atoms.